The molecule has 2 heteroatoms. The third kappa shape index (κ3) is 2.13. The van der Waals surface area contributed by atoms with E-state index in [-0.39, 0.29) is 11.3 Å². The summed E-state index contributed by atoms with van der Waals surface area (Å²) < 4.78 is 0. The molecule has 1 aromatic carbocycles. The SMILES string of the molecule is Cc1cc(C(C)(C)C)ccc1C(N)=O. The number of hydrogen-bond donors (Lipinski definition) is 1. The van der Waals surface area contributed by atoms with E-state index in [0.717, 1.165) is 5.56 Å². The summed E-state index contributed by atoms with van der Waals surface area (Å²) in [5.74, 6) is -0.358. The van der Waals surface area contributed by atoms with Gasteiger partial charge in [-0.05, 0) is 29.5 Å². The summed E-state index contributed by atoms with van der Waals surface area (Å²) in [6.45, 7) is 8.35. The summed E-state index contributed by atoms with van der Waals surface area (Å²) in [5, 5.41) is 0. The van der Waals surface area contributed by atoms with E-state index in [0.29, 0.717) is 5.56 Å². The van der Waals surface area contributed by atoms with E-state index in [1.54, 1.807) is 6.07 Å². The van der Waals surface area contributed by atoms with Crippen LogP contribution in [0.4, 0.5) is 0 Å². The zero-order valence-corrected chi connectivity index (χ0v) is 9.22. The van der Waals surface area contributed by atoms with Crippen LogP contribution in [0.1, 0.15) is 42.3 Å². The van der Waals surface area contributed by atoms with Crippen LogP contribution in [-0.4, -0.2) is 5.91 Å². The van der Waals surface area contributed by atoms with E-state index < -0.39 is 0 Å². The second-order valence-electron chi connectivity index (χ2n) is 4.64. The van der Waals surface area contributed by atoms with Gasteiger partial charge >= 0.3 is 0 Å². The summed E-state index contributed by atoms with van der Waals surface area (Å²) in [6.07, 6.45) is 0. The van der Waals surface area contributed by atoms with E-state index >= 15 is 0 Å². The Kier molecular flexibility index (Phi) is 2.65. The lowest BCUT2D eigenvalue weighted by molar-refractivity contribution is 0.0999. The first-order valence-electron chi connectivity index (χ1n) is 4.73. The third-order valence-electron chi connectivity index (χ3n) is 2.36. The van der Waals surface area contributed by atoms with Crippen molar-refractivity contribution in [3.63, 3.8) is 0 Å². The minimum absolute atomic E-state index is 0.112. The predicted octanol–water partition coefficient (Wildman–Crippen LogP) is 2.39. The topological polar surface area (TPSA) is 43.1 Å². The zero-order chi connectivity index (χ0) is 10.9. The van der Waals surface area contributed by atoms with Gasteiger partial charge in [-0.3, -0.25) is 4.79 Å². The highest BCUT2D eigenvalue weighted by atomic mass is 16.1. The molecule has 0 bridgehead atoms. The second-order valence-corrected chi connectivity index (χ2v) is 4.64. The molecule has 0 atom stereocenters. The van der Waals surface area contributed by atoms with Crippen molar-refractivity contribution < 1.29 is 4.79 Å². The maximum absolute atomic E-state index is 11.0. The lowest BCUT2D eigenvalue weighted by atomic mass is 9.85. The van der Waals surface area contributed by atoms with Gasteiger partial charge in [0.1, 0.15) is 0 Å². The molecule has 0 aliphatic carbocycles. The van der Waals surface area contributed by atoms with Crippen molar-refractivity contribution in [1.82, 2.24) is 0 Å². The van der Waals surface area contributed by atoms with Crippen LogP contribution in [0.25, 0.3) is 0 Å². The first kappa shape index (κ1) is 10.8. The predicted molar refractivity (Wildman–Crippen MR) is 58.4 cm³/mol. The molecule has 14 heavy (non-hydrogen) atoms. The van der Waals surface area contributed by atoms with Gasteiger partial charge in [-0.1, -0.05) is 32.9 Å². The Morgan fingerprint density at radius 1 is 1.29 bits per heavy atom. The van der Waals surface area contributed by atoms with Gasteiger partial charge in [-0.2, -0.15) is 0 Å². The monoisotopic (exact) mass is 191 g/mol. The van der Waals surface area contributed by atoms with Gasteiger partial charge < -0.3 is 5.73 Å². The van der Waals surface area contributed by atoms with Gasteiger partial charge in [-0.15, -0.1) is 0 Å². The highest BCUT2D eigenvalue weighted by Crippen LogP contribution is 2.24. The molecular formula is C12H17NO. The molecular weight excluding hydrogens is 174 g/mol. The highest BCUT2D eigenvalue weighted by Gasteiger charge is 2.15. The van der Waals surface area contributed by atoms with Crippen LogP contribution in [0.3, 0.4) is 0 Å². The number of primary amides is 1. The summed E-state index contributed by atoms with van der Waals surface area (Å²) in [4.78, 5) is 11.0. The van der Waals surface area contributed by atoms with Crippen molar-refractivity contribution in [3.8, 4) is 0 Å². The molecule has 0 aliphatic rings. The molecule has 1 aromatic rings. The summed E-state index contributed by atoms with van der Waals surface area (Å²) >= 11 is 0. The fourth-order valence-electron chi connectivity index (χ4n) is 1.41. The maximum Gasteiger partial charge on any atom is 0.248 e. The molecule has 0 heterocycles. The van der Waals surface area contributed by atoms with Gasteiger partial charge in [0.25, 0.3) is 0 Å². The van der Waals surface area contributed by atoms with Crippen LogP contribution in [0.15, 0.2) is 18.2 Å². The molecule has 0 saturated heterocycles. The number of nitrogens with two attached hydrogens (primary N) is 1. The lowest BCUT2D eigenvalue weighted by Gasteiger charge is -2.20. The molecule has 0 spiro atoms. The number of benzene rings is 1. The smallest absolute Gasteiger partial charge is 0.248 e. The van der Waals surface area contributed by atoms with E-state index in [1.165, 1.54) is 5.56 Å². The Bertz CT molecular complexity index is 361. The Balaban J connectivity index is 3.20. The summed E-state index contributed by atoms with van der Waals surface area (Å²) in [5.41, 5.74) is 8.13. The minimum Gasteiger partial charge on any atom is -0.366 e. The largest absolute Gasteiger partial charge is 0.366 e. The van der Waals surface area contributed by atoms with Crippen molar-refractivity contribution in [2.45, 2.75) is 33.1 Å². The first-order chi connectivity index (χ1) is 6.32. The molecule has 76 valence electrons. The van der Waals surface area contributed by atoms with E-state index in [9.17, 15) is 4.79 Å². The van der Waals surface area contributed by atoms with Crippen LogP contribution in [0, 0.1) is 6.92 Å². The number of aryl methyl sites for hydroxylation is 1. The number of rotatable bonds is 1. The van der Waals surface area contributed by atoms with Crippen LogP contribution in [0.5, 0.6) is 0 Å². The molecule has 2 N–H and O–H groups in total. The van der Waals surface area contributed by atoms with Gasteiger partial charge in [0.15, 0.2) is 0 Å². The summed E-state index contributed by atoms with van der Waals surface area (Å²) in [6, 6.07) is 5.80. The molecule has 0 unspecified atom stereocenters. The van der Waals surface area contributed by atoms with Crippen molar-refractivity contribution in [2.24, 2.45) is 5.73 Å². The molecule has 0 aromatic heterocycles. The number of amides is 1. The Morgan fingerprint density at radius 2 is 1.86 bits per heavy atom. The molecule has 0 saturated carbocycles. The van der Waals surface area contributed by atoms with Gasteiger partial charge in [0, 0.05) is 5.56 Å². The Morgan fingerprint density at radius 3 is 2.21 bits per heavy atom. The minimum atomic E-state index is -0.358. The van der Waals surface area contributed by atoms with Crippen molar-refractivity contribution >= 4 is 5.91 Å². The molecule has 2 nitrogen and oxygen atoms in total. The van der Waals surface area contributed by atoms with Gasteiger partial charge in [-0.25, -0.2) is 0 Å². The average molecular weight is 191 g/mol. The highest BCUT2D eigenvalue weighted by molar-refractivity contribution is 5.94. The standard InChI is InChI=1S/C12H17NO/c1-8-7-9(12(2,3)4)5-6-10(8)11(13)14/h5-7H,1-4H3,(H2,13,14). The van der Waals surface area contributed by atoms with Gasteiger partial charge in [0.05, 0.1) is 0 Å². The van der Waals surface area contributed by atoms with E-state index in [2.05, 4.69) is 20.8 Å². The van der Waals surface area contributed by atoms with E-state index in [1.807, 2.05) is 19.1 Å². The lowest BCUT2D eigenvalue weighted by Crippen LogP contribution is -2.15. The first-order valence-corrected chi connectivity index (χ1v) is 4.73. The van der Waals surface area contributed by atoms with Crippen LogP contribution in [-0.2, 0) is 5.41 Å². The van der Waals surface area contributed by atoms with E-state index in [4.69, 9.17) is 5.73 Å². The molecule has 1 amide bonds. The van der Waals surface area contributed by atoms with Crippen molar-refractivity contribution in [1.29, 1.82) is 0 Å². The van der Waals surface area contributed by atoms with Crippen LogP contribution in [0.2, 0.25) is 0 Å². The maximum atomic E-state index is 11.0. The molecule has 0 radical (unpaired) electrons. The molecule has 0 aliphatic heterocycles. The normalized spacial score (nSPS) is 11.4. The van der Waals surface area contributed by atoms with Crippen molar-refractivity contribution in [2.75, 3.05) is 0 Å². The second kappa shape index (κ2) is 3.45. The fraction of sp³-hybridized carbons (Fsp3) is 0.417. The Labute approximate surface area is 85.1 Å². The average Bonchev–Trinajstić information content (AvgIpc) is 2.01. The van der Waals surface area contributed by atoms with Crippen LogP contribution >= 0.6 is 0 Å². The Hall–Kier alpha value is -1.31. The quantitative estimate of drug-likeness (QED) is 0.727. The molecule has 0 fully saturated rings. The van der Waals surface area contributed by atoms with Crippen molar-refractivity contribution in [3.05, 3.63) is 34.9 Å². The molecule has 1 rings (SSSR count). The van der Waals surface area contributed by atoms with Crippen LogP contribution < -0.4 is 5.73 Å². The fourth-order valence-corrected chi connectivity index (χ4v) is 1.41. The number of carbonyl (C=O) groups is 1. The third-order valence-corrected chi connectivity index (χ3v) is 2.36. The van der Waals surface area contributed by atoms with Gasteiger partial charge in [0.2, 0.25) is 5.91 Å². The number of hydrogen-bond acceptors (Lipinski definition) is 1. The number of carbonyl (C=O) groups excluding carboxylic acids is 1. The summed E-state index contributed by atoms with van der Waals surface area (Å²) in [7, 11) is 0. The zero-order valence-electron chi connectivity index (χ0n) is 9.22.